The average molecular weight is 343 g/mol. The smallest absolute Gasteiger partial charge is 0.239 e. The molecule has 1 fully saturated rings. The molecule has 1 aromatic heterocycles. The number of fused-ring (bicyclic) bond motifs is 1. The van der Waals surface area contributed by atoms with Crippen LogP contribution in [0.1, 0.15) is 19.7 Å². The quantitative estimate of drug-likeness (QED) is 0.865. The van der Waals surface area contributed by atoms with Gasteiger partial charge in [-0.05, 0) is 33.0 Å². The van der Waals surface area contributed by atoms with Crippen molar-refractivity contribution in [1.82, 2.24) is 24.7 Å². The van der Waals surface area contributed by atoms with Crippen LogP contribution in [0.2, 0.25) is 0 Å². The van der Waals surface area contributed by atoms with E-state index in [9.17, 15) is 4.79 Å². The van der Waals surface area contributed by atoms with Gasteiger partial charge < -0.3 is 14.8 Å². The number of aromatic nitrogens is 2. The highest BCUT2D eigenvalue weighted by molar-refractivity contribution is 5.81. The van der Waals surface area contributed by atoms with Crippen LogP contribution in [0.15, 0.2) is 24.3 Å². The zero-order valence-corrected chi connectivity index (χ0v) is 15.5. The van der Waals surface area contributed by atoms with Gasteiger partial charge in [-0.2, -0.15) is 0 Å². The monoisotopic (exact) mass is 343 g/mol. The number of benzene rings is 1. The lowest BCUT2D eigenvalue weighted by Gasteiger charge is -2.37. The second kappa shape index (κ2) is 7.97. The molecule has 0 radical (unpaired) electrons. The Hall–Kier alpha value is -1.92. The molecular formula is C19H29N5O. The number of carbonyl (C=O) groups excluding carboxylic acids is 1. The maximum absolute atomic E-state index is 12.9. The van der Waals surface area contributed by atoms with E-state index >= 15 is 0 Å². The third-order valence-corrected chi connectivity index (χ3v) is 5.19. The van der Waals surface area contributed by atoms with Gasteiger partial charge in [0.15, 0.2) is 0 Å². The molecule has 1 aromatic carbocycles. The Labute approximate surface area is 149 Å². The SMILES string of the molecule is CCN(CCc1nc2ccccc2[nH]1)C(=O)[C@@H](C)N1CCN(C)CC1. The van der Waals surface area contributed by atoms with E-state index in [1.54, 1.807) is 0 Å². The number of nitrogens with zero attached hydrogens (tertiary/aromatic N) is 4. The lowest BCUT2D eigenvalue weighted by Crippen LogP contribution is -2.54. The van der Waals surface area contributed by atoms with E-state index in [-0.39, 0.29) is 11.9 Å². The largest absolute Gasteiger partial charge is 0.342 e. The van der Waals surface area contributed by atoms with E-state index < -0.39 is 0 Å². The summed E-state index contributed by atoms with van der Waals surface area (Å²) < 4.78 is 0. The van der Waals surface area contributed by atoms with Gasteiger partial charge in [-0.15, -0.1) is 0 Å². The van der Waals surface area contributed by atoms with Crippen LogP contribution < -0.4 is 0 Å². The Morgan fingerprint density at radius 2 is 2.00 bits per heavy atom. The van der Waals surface area contributed by atoms with Crippen molar-refractivity contribution in [1.29, 1.82) is 0 Å². The number of piperazine rings is 1. The summed E-state index contributed by atoms with van der Waals surface area (Å²) in [5.74, 6) is 1.17. The van der Waals surface area contributed by atoms with Crippen molar-refractivity contribution in [3.8, 4) is 0 Å². The number of carbonyl (C=O) groups is 1. The maximum atomic E-state index is 12.9. The van der Waals surface area contributed by atoms with Gasteiger partial charge in [-0.1, -0.05) is 12.1 Å². The number of nitrogens with one attached hydrogen (secondary N) is 1. The molecule has 0 unspecified atom stereocenters. The molecule has 1 atom stereocenters. The highest BCUT2D eigenvalue weighted by Crippen LogP contribution is 2.12. The number of H-pyrrole nitrogens is 1. The fraction of sp³-hybridized carbons (Fsp3) is 0.579. The van der Waals surface area contributed by atoms with E-state index in [0.717, 1.165) is 56.0 Å². The van der Waals surface area contributed by atoms with Gasteiger partial charge in [0.1, 0.15) is 5.82 Å². The van der Waals surface area contributed by atoms with Crippen LogP contribution in [-0.2, 0) is 11.2 Å². The number of rotatable bonds is 6. The molecule has 1 aliphatic rings. The van der Waals surface area contributed by atoms with Crippen molar-refractivity contribution in [3.05, 3.63) is 30.1 Å². The van der Waals surface area contributed by atoms with Gasteiger partial charge in [0.2, 0.25) is 5.91 Å². The molecule has 2 aromatic rings. The van der Waals surface area contributed by atoms with Crippen molar-refractivity contribution in [2.75, 3.05) is 46.3 Å². The van der Waals surface area contributed by atoms with Gasteiger partial charge >= 0.3 is 0 Å². The standard InChI is InChI=1S/C19H29N5O/c1-4-23(19(25)15(2)24-13-11-22(3)12-14-24)10-9-18-20-16-7-5-6-8-17(16)21-18/h5-8,15H,4,9-14H2,1-3H3,(H,20,21)/t15-/m1/s1. The Bertz CT molecular complexity index is 672. The van der Waals surface area contributed by atoms with Crippen LogP contribution in [-0.4, -0.2) is 82.9 Å². The molecule has 0 saturated carbocycles. The number of hydrogen-bond acceptors (Lipinski definition) is 4. The highest BCUT2D eigenvalue weighted by Gasteiger charge is 2.27. The second-order valence-electron chi connectivity index (χ2n) is 6.88. The molecule has 1 saturated heterocycles. The number of para-hydroxylation sites is 2. The van der Waals surface area contributed by atoms with E-state index in [4.69, 9.17) is 0 Å². The molecule has 0 spiro atoms. The summed E-state index contributed by atoms with van der Waals surface area (Å²) in [6.45, 7) is 9.51. The molecule has 6 nitrogen and oxygen atoms in total. The van der Waals surface area contributed by atoms with Crippen LogP contribution in [0.25, 0.3) is 11.0 Å². The minimum Gasteiger partial charge on any atom is -0.342 e. The summed E-state index contributed by atoms with van der Waals surface area (Å²) in [7, 11) is 2.13. The van der Waals surface area contributed by atoms with Crippen molar-refractivity contribution >= 4 is 16.9 Å². The molecular weight excluding hydrogens is 314 g/mol. The Balaban J connectivity index is 1.58. The van der Waals surface area contributed by atoms with E-state index in [2.05, 4.69) is 26.8 Å². The Kier molecular flexibility index (Phi) is 5.71. The third-order valence-electron chi connectivity index (χ3n) is 5.19. The minimum absolute atomic E-state index is 0.0516. The molecule has 1 N–H and O–H groups in total. The van der Waals surface area contributed by atoms with Crippen LogP contribution in [0.5, 0.6) is 0 Å². The van der Waals surface area contributed by atoms with Crippen LogP contribution in [0.4, 0.5) is 0 Å². The first kappa shape index (κ1) is 17.9. The summed E-state index contributed by atoms with van der Waals surface area (Å²) in [5, 5.41) is 0. The fourth-order valence-corrected chi connectivity index (χ4v) is 3.42. The molecule has 0 bridgehead atoms. The predicted molar refractivity (Wildman–Crippen MR) is 101 cm³/mol. The summed E-state index contributed by atoms with van der Waals surface area (Å²) in [4.78, 5) is 27.4. The lowest BCUT2D eigenvalue weighted by atomic mass is 10.2. The van der Waals surface area contributed by atoms with Gasteiger partial charge in [0, 0.05) is 45.7 Å². The van der Waals surface area contributed by atoms with Crippen molar-refractivity contribution in [2.24, 2.45) is 0 Å². The van der Waals surface area contributed by atoms with E-state index in [1.165, 1.54) is 0 Å². The predicted octanol–water partition coefficient (Wildman–Crippen LogP) is 1.59. The Morgan fingerprint density at radius 3 is 2.68 bits per heavy atom. The minimum atomic E-state index is -0.0516. The number of aromatic amines is 1. The number of likely N-dealkylation sites (N-methyl/N-ethyl adjacent to an activating group) is 2. The second-order valence-corrected chi connectivity index (χ2v) is 6.88. The summed E-state index contributed by atoms with van der Waals surface area (Å²) >= 11 is 0. The van der Waals surface area contributed by atoms with Gasteiger partial charge in [0.05, 0.1) is 17.1 Å². The zero-order valence-electron chi connectivity index (χ0n) is 15.5. The van der Waals surface area contributed by atoms with Crippen molar-refractivity contribution < 1.29 is 4.79 Å². The van der Waals surface area contributed by atoms with Crippen LogP contribution in [0, 0.1) is 0 Å². The van der Waals surface area contributed by atoms with Gasteiger partial charge in [-0.25, -0.2) is 4.98 Å². The van der Waals surface area contributed by atoms with E-state index in [1.807, 2.05) is 43.0 Å². The zero-order chi connectivity index (χ0) is 17.8. The molecule has 2 heterocycles. The number of hydrogen-bond donors (Lipinski definition) is 1. The first-order valence-corrected chi connectivity index (χ1v) is 9.23. The fourth-order valence-electron chi connectivity index (χ4n) is 3.42. The number of imidazole rings is 1. The van der Waals surface area contributed by atoms with Crippen molar-refractivity contribution in [2.45, 2.75) is 26.3 Å². The summed E-state index contributed by atoms with van der Waals surface area (Å²) in [6, 6.07) is 7.98. The Morgan fingerprint density at radius 1 is 1.28 bits per heavy atom. The first-order valence-electron chi connectivity index (χ1n) is 9.23. The lowest BCUT2D eigenvalue weighted by molar-refractivity contribution is -0.136. The van der Waals surface area contributed by atoms with Crippen LogP contribution in [0.3, 0.4) is 0 Å². The average Bonchev–Trinajstić information content (AvgIpc) is 3.05. The van der Waals surface area contributed by atoms with Crippen LogP contribution >= 0.6 is 0 Å². The molecule has 6 heteroatoms. The number of amides is 1. The summed E-state index contributed by atoms with van der Waals surface area (Å²) in [5.41, 5.74) is 2.04. The molecule has 1 amide bonds. The summed E-state index contributed by atoms with van der Waals surface area (Å²) in [6.07, 6.45) is 0.754. The first-order chi connectivity index (χ1) is 12.1. The van der Waals surface area contributed by atoms with E-state index in [0.29, 0.717) is 6.54 Å². The van der Waals surface area contributed by atoms with Gasteiger partial charge in [-0.3, -0.25) is 9.69 Å². The molecule has 3 rings (SSSR count). The molecule has 1 aliphatic heterocycles. The normalized spacial score (nSPS) is 17.7. The van der Waals surface area contributed by atoms with Gasteiger partial charge in [0.25, 0.3) is 0 Å². The highest BCUT2D eigenvalue weighted by atomic mass is 16.2. The maximum Gasteiger partial charge on any atom is 0.239 e. The van der Waals surface area contributed by atoms with Crippen molar-refractivity contribution in [3.63, 3.8) is 0 Å². The topological polar surface area (TPSA) is 55.5 Å². The molecule has 0 aliphatic carbocycles. The molecule has 136 valence electrons. The third kappa shape index (κ3) is 4.19. The molecule has 25 heavy (non-hydrogen) atoms.